The average molecular weight is 419 g/mol. The van der Waals surface area contributed by atoms with Gasteiger partial charge in [-0.1, -0.05) is 12.1 Å². The van der Waals surface area contributed by atoms with Gasteiger partial charge in [-0.15, -0.1) is 37.1 Å². The van der Waals surface area contributed by atoms with Crippen LogP contribution in [0.4, 0.5) is 13.2 Å². The molecule has 0 aliphatic rings. The van der Waals surface area contributed by atoms with Gasteiger partial charge in [-0.3, -0.25) is 4.99 Å². The normalized spacial score (nSPS) is 12.2. The Morgan fingerprint density at radius 1 is 1.24 bits per heavy atom. The van der Waals surface area contributed by atoms with Gasteiger partial charge >= 0.3 is 6.36 Å². The van der Waals surface area contributed by atoms with E-state index in [0.717, 1.165) is 5.56 Å². The van der Waals surface area contributed by atoms with Crippen molar-refractivity contribution in [2.24, 2.45) is 22.4 Å². The number of aliphatic hydroxyl groups excluding tert-OH is 1. The highest BCUT2D eigenvalue weighted by atomic mass is 127. The summed E-state index contributed by atoms with van der Waals surface area (Å²) in [6, 6.07) is 5.44. The van der Waals surface area contributed by atoms with Crippen molar-refractivity contribution in [3.63, 3.8) is 0 Å². The predicted molar refractivity (Wildman–Crippen MR) is 83.5 cm³/mol. The van der Waals surface area contributed by atoms with Crippen molar-refractivity contribution in [1.29, 1.82) is 0 Å². The van der Waals surface area contributed by atoms with Crippen molar-refractivity contribution in [2.75, 3.05) is 13.2 Å². The number of alkyl halides is 3. The minimum absolute atomic E-state index is 0. The molecule has 1 atom stereocenters. The molecule has 0 saturated carbocycles. The fourth-order valence-corrected chi connectivity index (χ4v) is 1.58. The molecule has 0 amide bonds. The van der Waals surface area contributed by atoms with E-state index >= 15 is 0 Å². The molecule has 1 unspecified atom stereocenters. The van der Waals surface area contributed by atoms with Crippen molar-refractivity contribution < 1.29 is 23.0 Å². The molecular weight excluding hydrogens is 402 g/mol. The van der Waals surface area contributed by atoms with E-state index in [-0.39, 0.29) is 54.8 Å². The lowest BCUT2D eigenvalue weighted by Crippen LogP contribution is -2.25. The van der Waals surface area contributed by atoms with Crippen LogP contribution >= 0.6 is 24.0 Å². The zero-order valence-electron chi connectivity index (χ0n) is 11.0. The van der Waals surface area contributed by atoms with E-state index in [1.54, 1.807) is 0 Å². The van der Waals surface area contributed by atoms with Crippen LogP contribution in [-0.2, 0) is 6.42 Å². The highest BCUT2D eigenvalue weighted by molar-refractivity contribution is 14.0. The van der Waals surface area contributed by atoms with Gasteiger partial charge in [-0.05, 0) is 24.1 Å². The Hall–Kier alpha value is -1.23. The monoisotopic (exact) mass is 419 g/mol. The zero-order chi connectivity index (χ0) is 15.2. The standard InChI is InChI=1S/C12H16F3N3O2.HI/c13-12(14,15)20-10-3-1-8(2-4-10)5-9(7-19)6-18-11(16)17;/h1-4,9,19H,5-7H2,(H4,16,17,18);1H. The lowest BCUT2D eigenvalue weighted by Gasteiger charge is -2.13. The molecule has 0 aliphatic carbocycles. The van der Waals surface area contributed by atoms with Crippen LogP contribution in [0.15, 0.2) is 29.3 Å². The van der Waals surface area contributed by atoms with Crippen molar-refractivity contribution in [3.8, 4) is 5.75 Å². The molecule has 120 valence electrons. The van der Waals surface area contributed by atoms with Gasteiger partial charge in [0, 0.05) is 19.1 Å². The van der Waals surface area contributed by atoms with Gasteiger partial charge in [0.15, 0.2) is 5.96 Å². The summed E-state index contributed by atoms with van der Waals surface area (Å²) >= 11 is 0. The second-order valence-corrected chi connectivity index (χ2v) is 4.21. The van der Waals surface area contributed by atoms with Gasteiger partial charge in [0.25, 0.3) is 0 Å². The van der Waals surface area contributed by atoms with Crippen LogP contribution in [0.25, 0.3) is 0 Å². The summed E-state index contributed by atoms with van der Waals surface area (Å²) in [6.45, 7) is 0.122. The van der Waals surface area contributed by atoms with E-state index in [1.165, 1.54) is 24.3 Å². The van der Waals surface area contributed by atoms with Gasteiger partial charge in [0.2, 0.25) is 0 Å². The first kappa shape index (κ1) is 19.8. The largest absolute Gasteiger partial charge is 0.573 e. The maximum absolute atomic E-state index is 12.0. The first-order valence-electron chi connectivity index (χ1n) is 5.81. The molecule has 1 rings (SSSR count). The SMILES string of the molecule is I.NC(N)=NCC(CO)Cc1ccc(OC(F)(F)F)cc1. The number of hydrogen-bond donors (Lipinski definition) is 3. The van der Waals surface area contributed by atoms with Crippen molar-refractivity contribution in [3.05, 3.63) is 29.8 Å². The van der Waals surface area contributed by atoms with Gasteiger partial charge in [0.1, 0.15) is 5.75 Å². The lowest BCUT2D eigenvalue weighted by molar-refractivity contribution is -0.274. The van der Waals surface area contributed by atoms with E-state index in [4.69, 9.17) is 11.5 Å². The molecule has 0 fully saturated rings. The van der Waals surface area contributed by atoms with Crippen molar-refractivity contribution in [1.82, 2.24) is 0 Å². The van der Waals surface area contributed by atoms with Crippen LogP contribution in [0.3, 0.4) is 0 Å². The van der Waals surface area contributed by atoms with Gasteiger partial charge in [-0.2, -0.15) is 0 Å². The summed E-state index contributed by atoms with van der Waals surface area (Å²) in [4.78, 5) is 3.80. The Bertz CT molecular complexity index is 448. The van der Waals surface area contributed by atoms with Crippen LogP contribution in [0.2, 0.25) is 0 Å². The molecule has 1 aromatic carbocycles. The number of rotatable bonds is 6. The minimum Gasteiger partial charge on any atom is -0.406 e. The van der Waals surface area contributed by atoms with Crippen molar-refractivity contribution in [2.45, 2.75) is 12.8 Å². The third-order valence-corrected chi connectivity index (χ3v) is 2.47. The Balaban J connectivity index is 0.00000400. The summed E-state index contributed by atoms with van der Waals surface area (Å²) < 4.78 is 39.7. The number of guanidine groups is 1. The molecule has 0 spiro atoms. The first-order chi connectivity index (χ1) is 9.30. The number of benzene rings is 1. The van der Waals surface area contributed by atoms with E-state index < -0.39 is 6.36 Å². The molecule has 0 saturated heterocycles. The van der Waals surface area contributed by atoms with Crippen LogP contribution in [0.1, 0.15) is 5.56 Å². The van der Waals surface area contributed by atoms with Gasteiger partial charge < -0.3 is 21.3 Å². The molecule has 0 radical (unpaired) electrons. The summed E-state index contributed by atoms with van der Waals surface area (Å²) in [7, 11) is 0. The quantitative estimate of drug-likeness (QED) is 0.371. The van der Waals surface area contributed by atoms with Crippen LogP contribution in [-0.4, -0.2) is 30.6 Å². The summed E-state index contributed by atoms with van der Waals surface area (Å²) in [5.41, 5.74) is 11.1. The molecule has 1 aromatic rings. The van der Waals surface area contributed by atoms with E-state index in [1.807, 2.05) is 0 Å². The Labute approximate surface area is 137 Å². The molecular formula is C12H17F3IN3O2. The Morgan fingerprint density at radius 2 is 1.81 bits per heavy atom. The minimum atomic E-state index is -4.71. The number of nitrogens with two attached hydrogens (primary N) is 2. The fraction of sp³-hybridized carbons (Fsp3) is 0.417. The topological polar surface area (TPSA) is 93.9 Å². The Kier molecular flexibility index (Phi) is 8.40. The molecule has 21 heavy (non-hydrogen) atoms. The second kappa shape index (κ2) is 8.93. The smallest absolute Gasteiger partial charge is 0.406 e. The number of ether oxygens (including phenoxy) is 1. The second-order valence-electron chi connectivity index (χ2n) is 4.21. The number of nitrogens with zero attached hydrogens (tertiary/aromatic N) is 1. The Morgan fingerprint density at radius 3 is 2.24 bits per heavy atom. The van der Waals surface area contributed by atoms with Gasteiger partial charge in [0.05, 0.1) is 0 Å². The molecule has 0 heterocycles. The predicted octanol–water partition coefficient (Wildman–Crippen LogP) is 1.63. The highest BCUT2D eigenvalue weighted by Crippen LogP contribution is 2.23. The van der Waals surface area contributed by atoms with E-state index in [0.29, 0.717) is 6.42 Å². The van der Waals surface area contributed by atoms with Crippen LogP contribution in [0, 0.1) is 5.92 Å². The lowest BCUT2D eigenvalue weighted by atomic mass is 10.0. The van der Waals surface area contributed by atoms with Gasteiger partial charge in [-0.25, -0.2) is 0 Å². The first-order valence-corrected chi connectivity index (χ1v) is 5.81. The third-order valence-electron chi connectivity index (χ3n) is 2.47. The zero-order valence-corrected chi connectivity index (χ0v) is 13.3. The molecule has 9 heteroatoms. The number of aliphatic imine (C=N–C) groups is 1. The van der Waals surface area contributed by atoms with Crippen LogP contribution < -0.4 is 16.2 Å². The number of halogens is 4. The molecule has 0 aromatic heterocycles. The molecule has 5 nitrogen and oxygen atoms in total. The summed E-state index contributed by atoms with van der Waals surface area (Å²) in [6.07, 6.45) is -4.26. The maximum atomic E-state index is 12.0. The molecule has 0 aliphatic heterocycles. The summed E-state index contributed by atoms with van der Waals surface area (Å²) in [5.74, 6) is -0.560. The van der Waals surface area contributed by atoms with Crippen molar-refractivity contribution >= 4 is 29.9 Å². The maximum Gasteiger partial charge on any atom is 0.573 e. The number of aliphatic hydroxyl groups is 1. The average Bonchev–Trinajstić information content (AvgIpc) is 2.34. The van der Waals surface area contributed by atoms with E-state index in [2.05, 4.69) is 9.73 Å². The van der Waals surface area contributed by atoms with E-state index in [9.17, 15) is 18.3 Å². The highest BCUT2D eigenvalue weighted by Gasteiger charge is 2.30. The molecule has 5 N–H and O–H groups in total. The third kappa shape index (κ3) is 8.60. The molecule has 0 bridgehead atoms. The summed E-state index contributed by atoms with van der Waals surface area (Å²) in [5, 5.41) is 9.18. The number of hydrogen-bond acceptors (Lipinski definition) is 3. The van der Waals surface area contributed by atoms with Crippen LogP contribution in [0.5, 0.6) is 5.75 Å². The fourth-order valence-electron chi connectivity index (χ4n) is 1.58.